The maximum absolute atomic E-state index is 11.7. The van der Waals surface area contributed by atoms with Crippen molar-refractivity contribution in [3.05, 3.63) is 35.9 Å². The van der Waals surface area contributed by atoms with Gasteiger partial charge in [0, 0.05) is 6.54 Å². The minimum atomic E-state index is -0.936. The van der Waals surface area contributed by atoms with Crippen LogP contribution in [0.25, 0.3) is 0 Å². The standard InChI is InChI=1S/C10H12FNO/c11-8-10(13)12-7-6-9-4-2-1-3-5-9/h1-5H,6-8H2,(H,12,13). The van der Waals surface area contributed by atoms with E-state index in [9.17, 15) is 9.18 Å². The molecule has 0 radical (unpaired) electrons. The number of carbonyl (C=O) groups excluding carboxylic acids is 1. The number of alkyl halides is 1. The lowest BCUT2D eigenvalue weighted by Gasteiger charge is -2.01. The Bertz CT molecular complexity index is 261. The molecule has 3 heteroatoms. The van der Waals surface area contributed by atoms with Crippen molar-refractivity contribution < 1.29 is 9.18 Å². The minimum Gasteiger partial charge on any atom is -0.353 e. The summed E-state index contributed by atoms with van der Waals surface area (Å²) >= 11 is 0. The molecular formula is C10H12FNO. The zero-order chi connectivity index (χ0) is 9.52. The van der Waals surface area contributed by atoms with Crippen molar-refractivity contribution in [1.82, 2.24) is 5.32 Å². The molecule has 0 aliphatic heterocycles. The lowest BCUT2D eigenvalue weighted by atomic mass is 10.1. The summed E-state index contributed by atoms with van der Waals surface area (Å²) in [5.41, 5.74) is 1.14. The zero-order valence-corrected chi connectivity index (χ0v) is 7.29. The smallest absolute Gasteiger partial charge is 0.251 e. The van der Waals surface area contributed by atoms with Crippen LogP contribution in [-0.4, -0.2) is 19.1 Å². The number of hydrogen-bond acceptors (Lipinski definition) is 1. The van der Waals surface area contributed by atoms with Gasteiger partial charge in [0.25, 0.3) is 5.91 Å². The molecule has 0 unspecified atom stereocenters. The van der Waals surface area contributed by atoms with E-state index in [2.05, 4.69) is 5.32 Å². The number of hydrogen-bond donors (Lipinski definition) is 1. The first kappa shape index (κ1) is 9.71. The third-order valence-electron chi connectivity index (χ3n) is 1.70. The fourth-order valence-corrected chi connectivity index (χ4v) is 1.04. The highest BCUT2D eigenvalue weighted by Gasteiger charge is 1.97. The van der Waals surface area contributed by atoms with Gasteiger partial charge in [-0.05, 0) is 12.0 Å². The molecule has 0 bridgehead atoms. The Kier molecular flexibility index (Phi) is 3.96. The zero-order valence-electron chi connectivity index (χ0n) is 7.29. The first-order valence-electron chi connectivity index (χ1n) is 4.19. The molecule has 1 aromatic rings. The van der Waals surface area contributed by atoms with E-state index in [1.54, 1.807) is 0 Å². The summed E-state index contributed by atoms with van der Waals surface area (Å²) in [4.78, 5) is 10.5. The van der Waals surface area contributed by atoms with Crippen LogP contribution in [-0.2, 0) is 11.2 Å². The van der Waals surface area contributed by atoms with Gasteiger partial charge in [-0.1, -0.05) is 30.3 Å². The Morgan fingerprint density at radius 1 is 1.31 bits per heavy atom. The van der Waals surface area contributed by atoms with Crippen LogP contribution in [0.1, 0.15) is 5.56 Å². The second kappa shape index (κ2) is 5.30. The number of benzene rings is 1. The van der Waals surface area contributed by atoms with E-state index in [1.807, 2.05) is 30.3 Å². The largest absolute Gasteiger partial charge is 0.353 e. The number of carbonyl (C=O) groups is 1. The molecule has 0 heterocycles. The van der Waals surface area contributed by atoms with Crippen LogP contribution in [0.5, 0.6) is 0 Å². The Balaban J connectivity index is 2.24. The van der Waals surface area contributed by atoms with Crippen molar-refractivity contribution in [1.29, 1.82) is 0 Å². The summed E-state index contributed by atoms with van der Waals surface area (Å²) in [5, 5.41) is 2.47. The predicted molar refractivity (Wildman–Crippen MR) is 49.1 cm³/mol. The van der Waals surface area contributed by atoms with Gasteiger partial charge in [0.2, 0.25) is 0 Å². The SMILES string of the molecule is O=C(CF)NCCc1ccccc1. The van der Waals surface area contributed by atoms with Gasteiger partial charge in [0.1, 0.15) is 0 Å². The Hall–Kier alpha value is -1.38. The lowest BCUT2D eigenvalue weighted by molar-refractivity contribution is -0.121. The van der Waals surface area contributed by atoms with Crippen molar-refractivity contribution in [3.8, 4) is 0 Å². The second-order valence-electron chi connectivity index (χ2n) is 2.72. The van der Waals surface area contributed by atoms with Crippen LogP contribution < -0.4 is 5.32 Å². The Morgan fingerprint density at radius 2 is 2.00 bits per heavy atom. The van der Waals surface area contributed by atoms with Crippen LogP contribution in [0.15, 0.2) is 30.3 Å². The predicted octanol–water partition coefficient (Wildman–Crippen LogP) is 1.31. The molecule has 0 saturated carbocycles. The average Bonchev–Trinajstić information content (AvgIpc) is 2.19. The molecule has 0 saturated heterocycles. The van der Waals surface area contributed by atoms with Crippen molar-refractivity contribution in [2.45, 2.75) is 6.42 Å². The van der Waals surface area contributed by atoms with Gasteiger partial charge in [-0.2, -0.15) is 0 Å². The molecule has 1 amide bonds. The fourth-order valence-electron chi connectivity index (χ4n) is 1.04. The third kappa shape index (κ3) is 3.69. The van der Waals surface area contributed by atoms with E-state index in [-0.39, 0.29) is 0 Å². The van der Waals surface area contributed by atoms with Crippen molar-refractivity contribution in [3.63, 3.8) is 0 Å². The molecule has 0 fully saturated rings. The quantitative estimate of drug-likeness (QED) is 0.745. The van der Waals surface area contributed by atoms with Crippen molar-refractivity contribution >= 4 is 5.91 Å². The van der Waals surface area contributed by atoms with Gasteiger partial charge in [-0.15, -0.1) is 0 Å². The number of halogens is 1. The molecule has 70 valence electrons. The molecule has 1 rings (SSSR count). The lowest BCUT2D eigenvalue weighted by Crippen LogP contribution is -2.26. The topological polar surface area (TPSA) is 29.1 Å². The summed E-state index contributed by atoms with van der Waals surface area (Å²) in [5.74, 6) is -0.545. The summed E-state index contributed by atoms with van der Waals surface area (Å²) < 4.78 is 11.7. The molecule has 0 spiro atoms. The van der Waals surface area contributed by atoms with Gasteiger partial charge >= 0.3 is 0 Å². The van der Waals surface area contributed by atoms with Crippen LogP contribution in [0.3, 0.4) is 0 Å². The normalized spacial score (nSPS) is 9.62. The molecular weight excluding hydrogens is 169 g/mol. The monoisotopic (exact) mass is 181 g/mol. The molecule has 0 atom stereocenters. The molecule has 1 aromatic carbocycles. The van der Waals surface area contributed by atoms with E-state index in [0.29, 0.717) is 6.54 Å². The van der Waals surface area contributed by atoms with Gasteiger partial charge in [0.15, 0.2) is 6.67 Å². The Morgan fingerprint density at radius 3 is 2.62 bits per heavy atom. The molecule has 13 heavy (non-hydrogen) atoms. The van der Waals surface area contributed by atoms with E-state index >= 15 is 0 Å². The minimum absolute atomic E-state index is 0.493. The summed E-state index contributed by atoms with van der Waals surface area (Å²) in [6, 6.07) is 9.76. The second-order valence-corrected chi connectivity index (χ2v) is 2.72. The highest BCUT2D eigenvalue weighted by Crippen LogP contribution is 1.97. The first-order valence-corrected chi connectivity index (χ1v) is 4.19. The van der Waals surface area contributed by atoms with Crippen molar-refractivity contribution in [2.24, 2.45) is 0 Å². The Labute approximate surface area is 76.8 Å². The number of rotatable bonds is 4. The highest BCUT2D eigenvalue weighted by atomic mass is 19.1. The van der Waals surface area contributed by atoms with Crippen LogP contribution in [0, 0.1) is 0 Å². The molecule has 0 aliphatic rings. The van der Waals surface area contributed by atoms with E-state index in [1.165, 1.54) is 0 Å². The summed E-state index contributed by atoms with van der Waals surface area (Å²) in [7, 11) is 0. The number of amides is 1. The van der Waals surface area contributed by atoms with Crippen LogP contribution in [0.4, 0.5) is 4.39 Å². The van der Waals surface area contributed by atoms with Crippen LogP contribution >= 0.6 is 0 Å². The fraction of sp³-hybridized carbons (Fsp3) is 0.300. The van der Waals surface area contributed by atoms with E-state index in [4.69, 9.17) is 0 Å². The van der Waals surface area contributed by atoms with Gasteiger partial charge in [-0.25, -0.2) is 4.39 Å². The molecule has 2 nitrogen and oxygen atoms in total. The molecule has 1 N–H and O–H groups in total. The summed E-state index contributed by atoms with van der Waals surface area (Å²) in [6.45, 7) is -0.443. The number of nitrogens with one attached hydrogen (secondary N) is 1. The average molecular weight is 181 g/mol. The summed E-state index contributed by atoms with van der Waals surface area (Å²) in [6.07, 6.45) is 0.743. The first-order chi connectivity index (χ1) is 6.33. The molecule has 0 aromatic heterocycles. The maximum atomic E-state index is 11.7. The van der Waals surface area contributed by atoms with E-state index in [0.717, 1.165) is 12.0 Å². The van der Waals surface area contributed by atoms with Crippen LogP contribution in [0.2, 0.25) is 0 Å². The van der Waals surface area contributed by atoms with Gasteiger partial charge < -0.3 is 5.32 Å². The van der Waals surface area contributed by atoms with Crippen molar-refractivity contribution in [2.75, 3.05) is 13.2 Å². The van der Waals surface area contributed by atoms with E-state index < -0.39 is 12.6 Å². The molecule has 0 aliphatic carbocycles. The highest BCUT2D eigenvalue weighted by molar-refractivity contribution is 5.76. The van der Waals surface area contributed by atoms with Gasteiger partial charge in [-0.3, -0.25) is 4.79 Å². The third-order valence-corrected chi connectivity index (χ3v) is 1.70. The van der Waals surface area contributed by atoms with Gasteiger partial charge in [0.05, 0.1) is 0 Å². The maximum Gasteiger partial charge on any atom is 0.251 e.